The summed E-state index contributed by atoms with van der Waals surface area (Å²) >= 11 is 0. The summed E-state index contributed by atoms with van der Waals surface area (Å²) in [5, 5.41) is 10.1. The average Bonchev–Trinajstić information content (AvgIpc) is 3.42. The van der Waals surface area contributed by atoms with Crippen molar-refractivity contribution in [2.45, 2.75) is 38.6 Å². The largest absolute Gasteiger partial charge is 0.438 e. The van der Waals surface area contributed by atoms with Crippen molar-refractivity contribution in [1.29, 1.82) is 5.26 Å². The number of hydrogen-bond donors (Lipinski definition) is 0. The minimum atomic E-state index is -0.407. The normalized spacial score (nSPS) is 16.8. The van der Waals surface area contributed by atoms with Crippen molar-refractivity contribution in [3.05, 3.63) is 47.3 Å². The van der Waals surface area contributed by atoms with Crippen molar-refractivity contribution >= 4 is 16.8 Å². The van der Waals surface area contributed by atoms with Crippen molar-refractivity contribution in [3.63, 3.8) is 0 Å². The summed E-state index contributed by atoms with van der Waals surface area (Å²) < 4.78 is 11.9. The first-order valence-electron chi connectivity index (χ1n) is 11.1. The fourth-order valence-electron chi connectivity index (χ4n) is 4.72. The molecule has 1 aliphatic heterocycles. The first-order chi connectivity index (χ1) is 15.3. The van der Waals surface area contributed by atoms with Crippen LogP contribution in [0.15, 0.2) is 34.7 Å². The number of fused-ring (bicyclic) bond motifs is 1. The van der Waals surface area contributed by atoms with Gasteiger partial charge in [-0.1, -0.05) is 30.3 Å². The zero-order chi connectivity index (χ0) is 23.0. The van der Waals surface area contributed by atoms with Crippen LogP contribution in [-0.4, -0.2) is 56.8 Å². The lowest BCUT2D eigenvalue weighted by atomic mass is 9.93. The number of methoxy groups -OCH3 is 1. The molecule has 0 spiro atoms. The monoisotopic (exact) mass is 432 g/mol. The summed E-state index contributed by atoms with van der Waals surface area (Å²) in [5.74, 6) is 0.597. The van der Waals surface area contributed by atoms with Crippen LogP contribution in [-0.2, 0) is 10.2 Å². The van der Waals surface area contributed by atoms with E-state index in [1.54, 1.807) is 7.11 Å². The van der Waals surface area contributed by atoms with Gasteiger partial charge in [-0.25, -0.2) is 4.98 Å². The van der Waals surface area contributed by atoms with Crippen LogP contribution in [0, 0.1) is 18.3 Å². The molecule has 1 fully saturated rings. The smallest absolute Gasteiger partial charge is 0.203 e. The molecule has 1 aliphatic rings. The van der Waals surface area contributed by atoms with E-state index in [4.69, 9.17) is 14.1 Å². The van der Waals surface area contributed by atoms with Gasteiger partial charge in [0, 0.05) is 31.8 Å². The fraction of sp³-hybridized carbons (Fsp3) is 0.462. The van der Waals surface area contributed by atoms with E-state index in [2.05, 4.69) is 55.9 Å². The maximum atomic E-state index is 10.1. The van der Waals surface area contributed by atoms with E-state index in [1.807, 2.05) is 25.1 Å². The molecule has 0 bridgehead atoms. The molecule has 2 heterocycles. The van der Waals surface area contributed by atoms with Crippen molar-refractivity contribution in [2.75, 3.05) is 45.8 Å². The van der Waals surface area contributed by atoms with Crippen LogP contribution in [0.5, 0.6) is 0 Å². The van der Waals surface area contributed by atoms with Gasteiger partial charge in [0.25, 0.3) is 0 Å². The predicted molar refractivity (Wildman–Crippen MR) is 128 cm³/mol. The Bertz CT molecular complexity index is 1160. The van der Waals surface area contributed by atoms with E-state index in [0.29, 0.717) is 35.2 Å². The summed E-state index contributed by atoms with van der Waals surface area (Å²) in [6, 6.07) is 13.2. The third-order valence-corrected chi connectivity index (χ3v) is 6.53. The van der Waals surface area contributed by atoms with Crippen LogP contribution in [0.4, 0.5) is 5.69 Å². The molecule has 32 heavy (non-hydrogen) atoms. The summed E-state index contributed by atoms with van der Waals surface area (Å²) in [4.78, 5) is 9.54. The first-order valence-corrected chi connectivity index (χ1v) is 11.1. The second kappa shape index (κ2) is 8.57. The van der Waals surface area contributed by atoms with Crippen molar-refractivity contribution in [1.82, 2.24) is 9.88 Å². The van der Waals surface area contributed by atoms with Crippen LogP contribution in [0.3, 0.4) is 0 Å². The molecule has 1 saturated heterocycles. The third-order valence-electron chi connectivity index (χ3n) is 6.53. The van der Waals surface area contributed by atoms with Crippen LogP contribution in [0.2, 0.25) is 0 Å². The maximum Gasteiger partial charge on any atom is 0.203 e. The molecule has 0 unspecified atom stereocenters. The Kier molecular flexibility index (Phi) is 5.98. The standard InChI is InChI=1S/C26H32N4O2/c1-17-20(14-27)22-24(32-25(28-22)26(2,3)16-31-6)23(21(17)18-10-8-7-9-11-18)30-13-12-19(15-30)29(4)5/h7-11,19H,12-13,15-16H2,1-6H3/t19-/m0/s1. The average molecular weight is 433 g/mol. The van der Waals surface area contributed by atoms with Crippen LogP contribution >= 0.6 is 0 Å². The molecule has 6 heteroatoms. The van der Waals surface area contributed by atoms with Gasteiger partial charge in [0.2, 0.25) is 5.89 Å². The number of benzene rings is 2. The van der Waals surface area contributed by atoms with Crippen LogP contribution < -0.4 is 4.90 Å². The molecule has 4 rings (SSSR count). The minimum Gasteiger partial charge on any atom is -0.438 e. The Balaban J connectivity index is 2.03. The van der Waals surface area contributed by atoms with Gasteiger partial charge in [0.15, 0.2) is 5.58 Å². The molecule has 0 saturated carbocycles. The fourth-order valence-corrected chi connectivity index (χ4v) is 4.72. The molecular formula is C26H32N4O2. The van der Waals surface area contributed by atoms with Crippen LogP contribution in [0.25, 0.3) is 22.2 Å². The van der Waals surface area contributed by atoms with E-state index in [9.17, 15) is 5.26 Å². The zero-order valence-corrected chi connectivity index (χ0v) is 19.9. The number of oxazole rings is 1. The maximum absolute atomic E-state index is 10.1. The van der Waals surface area contributed by atoms with Crippen molar-refractivity contribution < 1.29 is 9.15 Å². The van der Waals surface area contributed by atoms with Gasteiger partial charge < -0.3 is 19.0 Å². The van der Waals surface area contributed by atoms with Gasteiger partial charge in [-0.15, -0.1) is 0 Å². The van der Waals surface area contributed by atoms with Crippen LogP contribution in [0.1, 0.15) is 37.3 Å². The molecule has 6 nitrogen and oxygen atoms in total. The molecule has 3 aromatic rings. The van der Waals surface area contributed by atoms with Gasteiger partial charge in [-0.3, -0.25) is 0 Å². The minimum absolute atomic E-state index is 0.407. The Labute approximate surface area is 190 Å². The molecule has 0 amide bonds. The molecular weight excluding hydrogens is 400 g/mol. The number of likely N-dealkylation sites (N-methyl/N-ethyl adjacent to an activating group) is 1. The second-order valence-electron chi connectivity index (χ2n) is 9.57. The number of ether oxygens (including phenoxy) is 1. The SMILES string of the molecule is COCC(C)(C)c1nc2c(C#N)c(C)c(-c3ccccc3)c(N3CC[C@H](N(C)C)C3)c2o1. The first kappa shape index (κ1) is 22.3. The Hall–Kier alpha value is -2.88. The number of rotatable bonds is 6. The molecule has 1 atom stereocenters. The number of anilines is 1. The lowest BCUT2D eigenvalue weighted by molar-refractivity contribution is 0.132. The van der Waals surface area contributed by atoms with Gasteiger partial charge in [0.1, 0.15) is 11.6 Å². The Morgan fingerprint density at radius 3 is 2.59 bits per heavy atom. The highest BCUT2D eigenvalue weighted by atomic mass is 16.5. The van der Waals surface area contributed by atoms with E-state index in [1.165, 1.54) is 0 Å². The molecule has 0 N–H and O–H groups in total. The number of nitriles is 1. The Morgan fingerprint density at radius 1 is 1.28 bits per heavy atom. The summed E-state index contributed by atoms with van der Waals surface area (Å²) in [6.45, 7) is 8.45. The van der Waals surface area contributed by atoms with Gasteiger partial charge in [-0.05, 0) is 52.4 Å². The lowest BCUT2D eigenvalue weighted by Gasteiger charge is -2.25. The van der Waals surface area contributed by atoms with E-state index >= 15 is 0 Å². The van der Waals surface area contributed by atoms with Crippen molar-refractivity contribution in [3.8, 4) is 17.2 Å². The van der Waals surface area contributed by atoms with Gasteiger partial charge in [0.05, 0.1) is 23.3 Å². The number of aromatic nitrogens is 1. The van der Waals surface area contributed by atoms with Gasteiger partial charge >= 0.3 is 0 Å². The highest BCUT2D eigenvalue weighted by Crippen LogP contribution is 2.45. The predicted octanol–water partition coefficient (Wildman–Crippen LogP) is 4.74. The van der Waals surface area contributed by atoms with Gasteiger partial charge in [-0.2, -0.15) is 5.26 Å². The molecule has 2 aromatic carbocycles. The summed E-state index contributed by atoms with van der Waals surface area (Å²) in [5.41, 5.74) is 5.64. The topological polar surface area (TPSA) is 65.5 Å². The molecule has 1 aromatic heterocycles. The zero-order valence-electron chi connectivity index (χ0n) is 19.9. The highest BCUT2D eigenvalue weighted by molar-refractivity contribution is 6.02. The summed E-state index contributed by atoms with van der Waals surface area (Å²) in [6.07, 6.45) is 1.08. The second-order valence-corrected chi connectivity index (χ2v) is 9.57. The quantitative estimate of drug-likeness (QED) is 0.561. The highest BCUT2D eigenvalue weighted by Gasteiger charge is 2.34. The third kappa shape index (κ3) is 3.76. The van der Waals surface area contributed by atoms with E-state index in [0.717, 1.165) is 41.9 Å². The molecule has 0 aliphatic carbocycles. The molecule has 168 valence electrons. The lowest BCUT2D eigenvalue weighted by Crippen LogP contribution is -2.31. The Morgan fingerprint density at radius 2 is 2.00 bits per heavy atom. The number of nitrogens with zero attached hydrogens (tertiary/aromatic N) is 4. The van der Waals surface area contributed by atoms with E-state index in [-0.39, 0.29) is 0 Å². The number of hydrogen-bond acceptors (Lipinski definition) is 6. The van der Waals surface area contributed by atoms with Crippen molar-refractivity contribution in [2.24, 2.45) is 0 Å². The molecule has 0 radical (unpaired) electrons. The van der Waals surface area contributed by atoms with E-state index < -0.39 is 5.41 Å². The summed E-state index contributed by atoms with van der Waals surface area (Å²) in [7, 11) is 5.94.